The molecule has 2 rings (SSSR count). The minimum atomic E-state index is -3.68. The van der Waals surface area contributed by atoms with Gasteiger partial charge < -0.3 is 19.3 Å². The molecule has 0 aliphatic heterocycles. The number of methoxy groups -OCH3 is 2. The maximum Gasteiger partial charge on any atom is 0.341 e. The van der Waals surface area contributed by atoms with Crippen molar-refractivity contribution in [2.24, 2.45) is 0 Å². The number of sulfonamides is 1. The van der Waals surface area contributed by atoms with Crippen molar-refractivity contribution in [3.05, 3.63) is 48.0 Å². The molecule has 2 aromatic rings. The highest BCUT2D eigenvalue weighted by Crippen LogP contribution is 2.27. The van der Waals surface area contributed by atoms with E-state index < -0.39 is 22.6 Å². The molecule has 0 bridgehead atoms. The zero-order chi connectivity index (χ0) is 19.9. The maximum absolute atomic E-state index is 12.3. The zero-order valence-corrected chi connectivity index (χ0v) is 15.8. The molecule has 0 heterocycles. The van der Waals surface area contributed by atoms with Gasteiger partial charge in [-0.15, -0.1) is 0 Å². The molecule has 2 aromatic carbocycles. The van der Waals surface area contributed by atoms with Gasteiger partial charge in [-0.25, -0.2) is 17.9 Å². The molecule has 0 aromatic heterocycles. The van der Waals surface area contributed by atoms with Crippen LogP contribution in [0.15, 0.2) is 47.4 Å². The summed E-state index contributed by atoms with van der Waals surface area (Å²) in [6, 6.07) is 10.9. The van der Waals surface area contributed by atoms with Gasteiger partial charge in [0.1, 0.15) is 5.75 Å². The number of rotatable bonds is 10. The Morgan fingerprint density at radius 3 is 2.30 bits per heavy atom. The largest absolute Gasteiger partial charge is 0.493 e. The number of carbonyl (C=O) groups is 1. The summed E-state index contributed by atoms with van der Waals surface area (Å²) in [7, 11) is -0.604. The van der Waals surface area contributed by atoms with Crippen molar-refractivity contribution >= 4 is 16.0 Å². The lowest BCUT2D eigenvalue weighted by Crippen LogP contribution is -2.26. The first-order chi connectivity index (χ1) is 12.9. The summed E-state index contributed by atoms with van der Waals surface area (Å²) in [6.45, 7) is -0.287. The molecule has 8 nitrogen and oxygen atoms in total. The molecule has 0 aliphatic rings. The minimum absolute atomic E-state index is 0.0671. The third-order valence-corrected chi connectivity index (χ3v) is 5.13. The third kappa shape index (κ3) is 5.87. The average Bonchev–Trinajstić information content (AvgIpc) is 2.66. The molecular weight excluding hydrogens is 374 g/mol. The Kier molecular flexibility index (Phi) is 7.03. The van der Waals surface area contributed by atoms with Gasteiger partial charge in [-0.1, -0.05) is 6.07 Å². The first kappa shape index (κ1) is 20.5. The van der Waals surface area contributed by atoms with E-state index in [9.17, 15) is 13.2 Å². The first-order valence-corrected chi connectivity index (χ1v) is 9.49. The second-order valence-corrected chi connectivity index (χ2v) is 7.26. The van der Waals surface area contributed by atoms with Crippen molar-refractivity contribution < 1.29 is 32.5 Å². The molecule has 0 unspecified atom stereocenters. The van der Waals surface area contributed by atoms with Crippen LogP contribution in [0.3, 0.4) is 0 Å². The Hall–Kier alpha value is -2.78. The van der Waals surface area contributed by atoms with E-state index in [0.717, 1.165) is 5.56 Å². The first-order valence-electron chi connectivity index (χ1n) is 8.01. The van der Waals surface area contributed by atoms with Crippen LogP contribution in [0, 0.1) is 0 Å². The molecule has 0 atom stereocenters. The Labute approximate surface area is 157 Å². The second-order valence-electron chi connectivity index (χ2n) is 5.49. The van der Waals surface area contributed by atoms with E-state index in [-0.39, 0.29) is 17.2 Å². The summed E-state index contributed by atoms with van der Waals surface area (Å²) < 4.78 is 42.6. The van der Waals surface area contributed by atoms with Crippen LogP contribution in [0.4, 0.5) is 0 Å². The highest BCUT2D eigenvalue weighted by Gasteiger charge is 2.14. The quantitative estimate of drug-likeness (QED) is 0.630. The van der Waals surface area contributed by atoms with Crippen LogP contribution in [-0.4, -0.2) is 46.9 Å². The van der Waals surface area contributed by atoms with Crippen LogP contribution < -0.4 is 18.9 Å². The monoisotopic (exact) mass is 395 g/mol. The van der Waals surface area contributed by atoms with Gasteiger partial charge in [0.25, 0.3) is 0 Å². The van der Waals surface area contributed by atoms with E-state index in [1.165, 1.54) is 31.4 Å². The Morgan fingerprint density at radius 1 is 1.04 bits per heavy atom. The van der Waals surface area contributed by atoms with E-state index in [2.05, 4.69) is 4.72 Å². The Balaban J connectivity index is 1.95. The van der Waals surface area contributed by atoms with Gasteiger partial charge in [-0.05, 0) is 48.4 Å². The topological polar surface area (TPSA) is 111 Å². The molecule has 0 radical (unpaired) electrons. The molecule has 0 amide bonds. The van der Waals surface area contributed by atoms with Crippen molar-refractivity contribution in [1.29, 1.82) is 0 Å². The van der Waals surface area contributed by atoms with Gasteiger partial charge in [0, 0.05) is 6.54 Å². The number of aliphatic carboxylic acids is 1. The molecular formula is C18H21NO7S. The number of ether oxygens (including phenoxy) is 3. The van der Waals surface area contributed by atoms with Crippen LogP contribution in [0.5, 0.6) is 17.2 Å². The SMILES string of the molecule is COc1ccc(CCNS(=O)(=O)c2ccc(OCC(=O)O)cc2)cc1OC. The van der Waals surface area contributed by atoms with Gasteiger partial charge >= 0.3 is 5.97 Å². The lowest BCUT2D eigenvalue weighted by atomic mass is 10.1. The van der Waals surface area contributed by atoms with Crippen LogP contribution >= 0.6 is 0 Å². The van der Waals surface area contributed by atoms with Crippen molar-refractivity contribution in [3.8, 4) is 17.2 Å². The van der Waals surface area contributed by atoms with Crippen LogP contribution in [0.1, 0.15) is 5.56 Å². The predicted molar refractivity (Wildman–Crippen MR) is 98.0 cm³/mol. The van der Waals surface area contributed by atoms with Crippen molar-refractivity contribution in [3.63, 3.8) is 0 Å². The second kappa shape index (κ2) is 9.24. The van der Waals surface area contributed by atoms with Gasteiger partial charge in [-0.3, -0.25) is 0 Å². The summed E-state index contributed by atoms with van der Waals surface area (Å²) in [5.74, 6) is 0.354. The molecule has 146 valence electrons. The van der Waals surface area contributed by atoms with E-state index in [0.29, 0.717) is 17.9 Å². The molecule has 0 fully saturated rings. The number of benzene rings is 2. The average molecular weight is 395 g/mol. The van der Waals surface area contributed by atoms with Gasteiger partial charge in [0.05, 0.1) is 19.1 Å². The molecule has 0 saturated carbocycles. The van der Waals surface area contributed by atoms with Gasteiger partial charge in [-0.2, -0.15) is 0 Å². The summed E-state index contributed by atoms with van der Waals surface area (Å²) >= 11 is 0. The van der Waals surface area contributed by atoms with Gasteiger partial charge in [0.15, 0.2) is 18.1 Å². The smallest absolute Gasteiger partial charge is 0.341 e. The molecule has 9 heteroatoms. The third-order valence-electron chi connectivity index (χ3n) is 3.65. The number of carboxylic acids is 1. The van der Waals surface area contributed by atoms with E-state index in [4.69, 9.17) is 19.3 Å². The van der Waals surface area contributed by atoms with E-state index >= 15 is 0 Å². The molecule has 0 aliphatic carbocycles. The summed E-state index contributed by atoms with van der Waals surface area (Å²) in [4.78, 5) is 10.5. The van der Waals surface area contributed by atoms with E-state index in [1.54, 1.807) is 19.2 Å². The Bertz CT molecular complexity index is 879. The predicted octanol–water partition coefficient (Wildman–Crippen LogP) is 1.69. The summed E-state index contributed by atoms with van der Waals surface area (Å²) in [5, 5.41) is 8.57. The van der Waals surface area contributed by atoms with E-state index in [1.807, 2.05) is 6.07 Å². The van der Waals surface area contributed by atoms with Crippen molar-refractivity contribution in [1.82, 2.24) is 4.72 Å². The normalized spacial score (nSPS) is 11.0. The number of hydrogen-bond acceptors (Lipinski definition) is 6. The van der Waals surface area contributed by atoms with Crippen molar-refractivity contribution in [2.75, 3.05) is 27.4 Å². The van der Waals surface area contributed by atoms with Gasteiger partial charge in [0.2, 0.25) is 10.0 Å². The molecule has 2 N–H and O–H groups in total. The fraction of sp³-hybridized carbons (Fsp3) is 0.278. The number of carboxylic acid groups (broad SMARTS) is 1. The number of hydrogen-bond donors (Lipinski definition) is 2. The lowest BCUT2D eigenvalue weighted by Gasteiger charge is -2.11. The summed E-state index contributed by atoms with van der Waals surface area (Å²) in [5.41, 5.74) is 0.896. The number of nitrogens with one attached hydrogen (secondary N) is 1. The minimum Gasteiger partial charge on any atom is -0.493 e. The standard InChI is InChI=1S/C18H21NO7S/c1-24-16-8-3-13(11-17(16)25-2)9-10-19-27(22,23)15-6-4-14(5-7-15)26-12-18(20)21/h3-8,11,19H,9-10,12H2,1-2H3,(H,20,21). The summed E-state index contributed by atoms with van der Waals surface area (Å²) in [6.07, 6.45) is 0.472. The highest BCUT2D eigenvalue weighted by molar-refractivity contribution is 7.89. The van der Waals surface area contributed by atoms with Crippen LogP contribution in [-0.2, 0) is 21.2 Å². The highest BCUT2D eigenvalue weighted by atomic mass is 32.2. The zero-order valence-electron chi connectivity index (χ0n) is 15.0. The van der Waals surface area contributed by atoms with Crippen LogP contribution in [0.25, 0.3) is 0 Å². The Morgan fingerprint density at radius 2 is 1.70 bits per heavy atom. The maximum atomic E-state index is 12.3. The van der Waals surface area contributed by atoms with Crippen molar-refractivity contribution in [2.45, 2.75) is 11.3 Å². The van der Waals surface area contributed by atoms with Crippen LogP contribution in [0.2, 0.25) is 0 Å². The molecule has 0 saturated heterocycles. The fourth-order valence-corrected chi connectivity index (χ4v) is 3.34. The molecule has 27 heavy (non-hydrogen) atoms. The lowest BCUT2D eigenvalue weighted by molar-refractivity contribution is -0.139. The fourth-order valence-electron chi connectivity index (χ4n) is 2.31. The molecule has 0 spiro atoms.